The van der Waals surface area contributed by atoms with E-state index in [-0.39, 0.29) is 11.9 Å². The van der Waals surface area contributed by atoms with Crippen LogP contribution in [0.1, 0.15) is 40.2 Å². The van der Waals surface area contributed by atoms with E-state index in [4.69, 9.17) is 4.42 Å². The third kappa shape index (κ3) is 2.92. The molecule has 0 N–H and O–H groups in total. The van der Waals surface area contributed by atoms with Crippen molar-refractivity contribution in [3.8, 4) is 0 Å². The number of aryl methyl sites for hydroxylation is 2. The van der Waals surface area contributed by atoms with Crippen molar-refractivity contribution in [1.29, 1.82) is 0 Å². The van der Waals surface area contributed by atoms with Gasteiger partial charge in [-0.2, -0.15) is 16.9 Å². The van der Waals surface area contributed by atoms with Crippen LogP contribution in [0.2, 0.25) is 0 Å². The van der Waals surface area contributed by atoms with Gasteiger partial charge < -0.3 is 9.32 Å². The molecule has 22 heavy (non-hydrogen) atoms. The molecule has 1 aliphatic heterocycles. The lowest BCUT2D eigenvalue weighted by Crippen LogP contribution is -2.29. The molecule has 0 radical (unpaired) electrons. The van der Waals surface area contributed by atoms with Gasteiger partial charge in [0, 0.05) is 18.8 Å². The van der Waals surface area contributed by atoms with E-state index in [0.717, 1.165) is 35.9 Å². The smallest absolute Gasteiger partial charge is 0.289 e. The molecule has 1 saturated heterocycles. The molecular formula is C16H21N3O2S. The summed E-state index contributed by atoms with van der Waals surface area (Å²) >= 11 is 1.68. The Morgan fingerprint density at radius 3 is 2.95 bits per heavy atom. The Morgan fingerprint density at radius 1 is 1.45 bits per heavy atom. The number of aromatic nitrogens is 2. The molecule has 1 amide bonds. The zero-order valence-corrected chi connectivity index (χ0v) is 14.0. The number of rotatable bonds is 4. The van der Waals surface area contributed by atoms with Crippen molar-refractivity contribution in [2.45, 2.75) is 32.1 Å². The molecule has 2 aromatic rings. The van der Waals surface area contributed by atoms with Gasteiger partial charge in [0.25, 0.3) is 5.91 Å². The van der Waals surface area contributed by atoms with E-state index in [0.29, 0.717) is 12.3 Å². The second-order valence-electron chi connectivity index (χ2n) is 5.76. The zero-order valence-electron chi connectivity index (χ0n) is 13.2. The molecule has 0 unspecified atom stereocenters. The van der Waals surface area contributed by atoms with Gasteiger partial charge in [0.05, 0.1) is 17.5 Å². The van der Waals surface area contributed by atoms with Crippen LogP contribution in [-0.4, -0.2) is 39.9 Å². The van der Waals surface area contributed by atoms with Crippen molar-refractivity contribution in [3.63, 3.8) is 0 Å². The van der Waals surface area contributed by atoms with Crippen LogP contribution in [0.25, 0.3) is 0 Å². The van der Waals surface area contributed by atoms with Crippen molar-refractivity contribution in [3.05, 3.63) is 41.1 Å². The topological polar surface area (TPSA) is 51.3 Å². The summed E-state index contributed by atoms with van der Waals surface area (Å²) in [6, 6.07) is 6.01. The molecule has 5 nitrogen and oxygen atoms in total. The largest absolute Gasteiger partial charge is 0.455 e. The van der Waals surface area contributed by atoms with Gasteiger partial charge in [-0.05, 0) is 44.7 Å². The first kappa shape index (κ1) is 15.2. The fourth-order valence-corrected chi connectivity index (χ4v) is 3.45. The van der Waals surface area contributed by atoms with Crippen LogP contribution in [0.15, 0.2) is 22.6 Å². The van der Waals surface area contributed by atoms with Gasteiger partial charge in [-0.25, -0.2) is 0 Å². The molecule has 3 heterocycles. The fourth-order valence-electron chi connectivity index (χ4n) is 3.01. The first-order valence-corrected chi connectivity index (χ1v) is 8.87. The van der Waals surface area contributed by atoms with Crippen molar-refractivity contribution >= 4 is 17.7 Å². The van der Waals surface area contributed by atoms with Crippen molar-refractivity contribution < 1.29 is 9.21 Å². The van der Waals surface area contributed by atoms with Gasteiger partial charge in [0.1, 0.15) is 5.76 Å². The fraction of sp³-hybridized carbons (Fsp3) is 0.500. The molecule has 2 aromatic heterocycles. The lowest BCUT2D eigenvalue weighted by atomic mass is 10.2. The zero-order chi connectivity index (χ0) is 15.7. The maximum atomic E-state index is 12.5. The highest BCUT2D eigenvalue weighted by Crippen LogP contribution is 2.25. The van der Waals surface area contributed by atoms with Crippen LogP contribution >= 0.6 is 11.8 Å². The Kier molecular flexibility index (Phi) is 4.29. The van der Waals surface area contributed by atoms with E-state index in [1.807, 2.05) is 28.8 Å². The number of nitrogens with zero attached hydrogens (tertiary/aromatic N) is 3. The van der Waals surface area contributed by atoms with Gasteiger partial charge in [0.2, 0.25) is 0 Å². The van der Waals surface area contributed by atoms with Gasteiger partial charge in [0.15, 0.2) is 5.76 Å². The van der Waals surface area contributed by atoms with Crippen LogP contribution in [0, 0.1) is 13.8 Å². The molecule has 0 spiro atoms. The number of furan rings is 1. The summed E-state index contributed by atoms with van der Waals surface area (Å²) in [5.41, 5.74) is 2.17. The normalized spacial score (nSPS) is 18.1. The van der Waals surface area contributed by atoms with Gasteiger partial charge in [-0.15, -0.1) is 0 Å². The highest BCUT2D eigenvalue weighted by molar-refractivity contribution is 7.97. The van der Waals surface area contributed by atoms with E-state index in [9.17, 15) is 4.79 Å². The Bertz CT molecular complexity index is 677. The quantitative estimate of drug-likeness (QED) is 0.869. The summed E-state index contributed by atoms with van der Waals surface area (Å²) in [6.45, 7) is 5.50. The van der Waals surface area contributed by atoms with E-state index < -0.39 is 0 Å². The lowest BCUT2D eigenvalue weighted by Gasteiger charge is -2.16. The summed E-state index contributed by atoms with van der Waals surface area (Å²) in [4.78, 5) is 14.4. The second kappa shape index (κ2) is 6.20. The third-order valence-corrected chi connectivity index (χ3v) is 4.57. The van der Waals surface area contributed by atoms with Gasteiger partial charge >= 0.3 is 0 Å². The van der Waals surface area contributed by atoms with E-state index in [1.54, 1.807) is 17.8 Å². The molecule has 0 saturated carbocycles. The molecule has 0 aliphatic carbocycles. The number of hydrogen-bond acceptors (Lipinski definition) is 4. The van der Waals surface area contributed by atoms with Crippen LogP contribution in [0.4, 0.5) is 0 Å². The van der Waals surface area contributed by atoms with Crippen molar-refractivity contribution in [1.82, 2.24) is 14.7 Å². The highest BCUT2D eigenvalue weighted by atomic mass is 32.2. The molecule has 6 heteroatoms. The van der Waals surface area contributed by atoms with Crippen LogP contribution < -0.4 is 0 Å². The molecule has 1 aliphatic rings. The Hall–Kier alpha value is -1.69. The predicted octanol–water partition coefficient (Wildman–Crippen LogP) is 3.04. The monoisotopic (exact) mass is 319 g/mol. The molecule has 3 rings (SSSR count). The number of carbonyl (C=O) groups excluding carboxylic acids is 1. The number of hydrogen-bond donors (Lipinski definition) is 0. The number of amides is 1. The minimum absolute atomic E-state index is 0.0172. The van der Waals surface area contributed by atoms with Crippen molar-refractivity contribution in [2.24, 2.45) is 0 Å². The van der Waals surface area contributed by atoms with E-state index in [1.165, 1.54) is 0 Å². The predicted molar refractivity (Wildman–Crippen MR) is 87.2 cm³/mol. The minimum atomic E-state index is -0.0172. The standard InChI is InChI=1S/C16H21N3O2S/c1-11-8-12(2)19(17-11)13-6-7-18(9-13)16(20)15-5-4-14(21-15)10-22-3/h4-5,8,13H,6-7,9-10H2,1-3H3/t13-/m0/s1. The maximum Gasteiger partial charge on any atom is 0.289 e. The average molecular weight is 319 g/mol. The molecule has 0 bridgehead atoms. The molecule has 0 aromatic carbocycles. The summed E-state index contributed by atoms with van der Waals surface area (Å²) < 4.78 is 7.68. The summed E-state index contributed by atoms with van der Waals surface area (Å²) in [6.07, 6.45) is 2.95. The number of carbonyl (C=O) groups is 1. The average Bonchev–Trinajstić information content (AvgIpc) is 3.18. The molecule has 1 atom stereocenters. The third-order valence-electron chi connectivity index (χ3n) is 4.00. The van der Waals surface area contributed by atoms with Gasteiger partial charge in [-0.3, -0.25) is 9.48 Å². The maximum absolute atomic E-state index is 12.5. The lowest BCUT2D eigenvalue weighted by molar-refractivity contribution is 0.0754. The van der Waals surface area contributed by atoms with Crippen molar-refractivity contribution in [2.75, 3.05) is 19.3 Å². The molecule has 1 fully saturated rings. The SMILES string of the molecule is CSCc1ccc(C(=O)N2CC[C@H](n3nc(C)cc3C)C2)o1. The number of likely N-dealkylation sites (tertiary alicyclic amines) is 1. The minimum Gasteiger partial charge on any atom is -0.455 e. The van der Waals surface area contributed by atoms with E-state index in [2.05, 4.69) is 18.1 Å². The summed E-state index contributed by atoms with van der Waals surface area (Å²) in [5, 5.41) is 4.54. The van der Waals surface area contributed by atoms with Crippen LogP contribution in [-0.2, 0) is 5.75 Å². The second-order valence-corrected chi connectivity index (χ2v) is 6.63. The Morgan fingerprint density at radius 2 is 2.27 bits per heavy atom. The molecule has 118 valence electrons. The number of thioether (sulfide) groups is 1. The summed E-state index contributed by atoms with van der Waals surface area (Å²) in [7, 11) is 0. The summed E-state index contributed by atoms with van der Waals surface area (Å²) in [5.74, 6) is 2.07. The van der Waals surface area contributed by atoms with Crippen LogP contribution in [0.5, 0.6) is 0 Å². The van der Waals surface area contributed by atoms with E-state index >= 15 is 0 Å². The first-order valence-electron chi connectivity index (χ1n) is 7.48. The first-order chi connectivity index (χ1) is 10.6. The Labute approximate surface area is 134 Å². The van der Waals surface area contributed by atoms with Gasteiger partial charge in [-0.1, -0.05) is 0 Å². The van der Waals surface area contributed by atoms with Crippen LogP contribution in [0.3, 0.4) is 0 Å². The highest BCUT2D eigenvalue weighted by Gasteiger charge is 2.30. The molecular weight excluding hydrogens is 298 g/mol. The Balaban J connectivity index is 1.69.